The van der Waals surface area contributed by atoms with Gasteiger partial charge in [0.15, 0.2) is 5.79 Å². The summed E-state index contributed by atoms with van der Waals surface area (Å²) < 4.78 is 10.7. The van der Waals surface area contributed by atoms with Gasteiger partial charge in [-0.3, -0.25) is 0 Å². The van der Waals surface area contributed by atoms with Crippen LogP contribution >= 0.6 is 0 Å². The number of hydrogen-bond acceptors (Lipinski definition) is 4. The molecule has 13 heavy (non-hydrogen) atoms. The molecule has 0 spiro atoms. The second-order valence-corrected chi connectivity index (χ2v) is 3.53. The van der Waals surface area contributed by atoms with Crippen molar-refractivity contribution >= 4 is 6.29 Å². The molecule has 0 aliphatic carbocycles. The van der Waals surface area contributed by atoms with Gasteiger partial charge < -0.3 is 14.3 Å². The van der Waals surface area contributed by atoms with Crippen LogP contribution in [0.4, 0.5) is 0 Å². The Balaban J connectivity index is 2.60. The van der Waals surface area contributed by atoms with Crippen LogP contribution in [0.1, 0.15) is 26.7 Å². The topological polar surface area (TPSA) is 59.3 Å². The minimum absolute atomic E-state index is 0.191. The van der Waals surface area contributed by atoms with Gasteiger partial charge in [-0.2, -0.15) is 5.26 Å². The van der Waals surface area contributed by atoms with Gasteiger partial charge in [-0.25, -0.2) is 0 Å². The Morgan fingerprint density at radius 2 is 2.31 bits per heavy atom. The van der Waals surface area contributed by atoms with Crippen LogP contribution in [0.5, 0.6) is 0 Å². The summed E-state index contributed by atoms with van der Waals surface area (Å²) in [6.45, 7) is 3.49. The van der Waals surface area contributed by atoms with Crippen LogP contribution in [0.25, 0.3) is 0 Å². The molecule has 4 nitrogen and oxygen atoms in total. The standard InChI is InChI=1S/C9H13NO3/c1-9(2)12-7(3-4-10)5-8(6-11)13-9/h6-8H,3,5H2,1-2H3. The van der Waals surface area contributed by atoms with Crippen molar-refractivity contribution in [3.8, 4) is 6.07 Å². The number of aldehydes is 1. The molecule has 4 heteroatoms. The highest BCUT2D eigenvalue weighted by atomic mass is 16.7. The van der Waals surface area contributed by atoms with E-state index in [1.807, 2.05) is 6.07 Å². The Morgan fingerprint density at radius 3 is 2.85 bits per heavy atom. The Hall–Kier alpha value is -0.920. The zero-order chi connectivity index (χ0) is 9.90. The van der Waals surface area contributed by atoms with Gasteiger partial charge in [-0.1, -0.05) is 0 Å². The highest BCUT2D eigenvalue weighted by molar-refractivity contribution is 5.56. The third kappa shape index (κ3) is 2.79. The first kappa shape index (κ1) is 10.2. The molecule has 1 heterocycles. The van der Waals surface area contributed by atoms with E-state index in [4.69, 9.17) is 14.7 Å². The number of nitrogens with zero attached hydrogens (tertiary/aromatic N) is 1. The molecule has 0 aromatic rings. The predicted molar refractivity (Wildman–Crippen MR) is 44.7 cm³/mol. The molecule has 72 valence electrons. The van der Waals surface area contributed by atoms with Crippen molar-refractivity contribution in [2.24, 2.45) is 0 Å². The summed E-state index contributed by atoms with van der Waals surface area (Å²) in [4.78, 5) is 10.5. The first-order valence-electron chi connectivity index (χ1n) is 4.25. The molecule has 1 aliphatic heterocycles. The SMILES string of the molecule is CC1(C)OC(C=O)CC(CC#N)O1. The van der Waals surface area contributed by atoms with Crippen LogP contribution in [-0.2, 0) is 14.3 Å². The van der Waals surface area contributed by atoms with Gasteiger partial charge in [0, 0.05) is 6.42 Å². The first-order chi connectivity index (χ1) is 6.07. The van der Waals surface area contributed by atoms with Crippen LogP contribution in [-0.4, -0.2) is 24.3 Å². The van der Waals surface area contributed by atoms with E-state index in [1.54, 1.807) is 13.8 Å². The molecule has 0 aromatic heterocycles. The van der Waals surface area contributed by atoms with E-state index in [-0.39, 0.29) is 6.10 Å². The second-order valence-electron chi connectivity index (χ2n) is 3.53. The predicted octanol–water partition coefficient (Wildman–Crippen LogP) is 1.01. The summed E-state index contributed by atoms with van der Waals surface area (Å²) in [6, 6.07) is 2.02. The summed E-state index contributed by atoms with van der Waals surface area (Å²) in [5.41, 5.74) is 0. The third-order valence-electron chi connectivity index (χ3n) is 1.85. The molecule has 0 bridgehead atoms. The summed E-state index contributed by atoms with van der Waals surface area (Å²) >= 11 is 0. The van der Waals surface area contributed by atoms with E-state index in [1.165, 1.54) is 0 Å². The van der Waals surface area contributed by atoms with Crippen molar-refractivity contribution in [1.82, 2.24) is 0 Å². The van der Waals surface area contributed by atoms with Crippen molar-refractivity contribution in [2.75, 3.05) is 0 Å². The normalized spacial score (nSPS) is 32.1. The first-order valence-corrected chi connectivity index (χ1v) is 4.25. The highest BCUT2D eigenvalue weighted by Crippen LogP contribution is 2.26. The Morgan fingerprint density at radius 1 is 1.62 bits per heavy atom. The van der Waals surface area contributed by atoms with Crippen molar-refractivity contribution in [2.45, 2.75) is 44.7 Å². The lowest BCUT2D eigenvalue weighted by Gasteiger charge is -2.38. The lowest BCUT2D eigenvalue weighted by molar-refractivity contribution is -0.289. The molecule has 1 rings (SSSR count). The molecule has 0 N–H and O–H groups in total. The minimum atomic E-state index is -0.759. The van der Waals surface area contributed by atoms with E-state index < -0.39 is 11.9 Å². The van der Waals surface area contributed by atoms with Crippen LogP contribution in [0.2, 0.25) is 0 Å². The quantitative estimate of drug-likeness (QED) is 0.599. The van der Waals surface area contributed by atoms with Gasteiger partial charge in [0.2, 0.25) is 0 Å². The molecule has 0 amide bonds. The number of ether oxygens (including phenoxy) is 2. The zero-order valence-corrected chi connectivity index (χ0v) is 7.82. The van der Waals surface area contributed by atoms with E-state index in [2.05, 4.69) is 0 Å². The summed E-state index contributed by atoms with van der Waals surface area (Å²) in [5, 5.41) is 8.49. The van der Waals surface area contributed by atoms with Crippen LogP contribution in [0.3, 0.4) is 0 Å². The lowest BCUT2D eigenvalue weighted by Crippen LogP contribution is -2.45. The Labute approximate surface area is 77.4 Å². The second kappa shape index (κ2) is 3.86. The van der Waals surface area contributed by atoms with Crippen molar-refractivity contribution in [3.05, 3.63) is 0 Å². The number of carbonyl (C=O) groups is 1. The van der Waals surface area contributed by atoms with E-state index in [9.17, 15) is 4.79 Å². The fraction of sp³-hybridized carbons (Fsp3) is 0.778. The largest absolute Gasteiger partial charge is 0.346 e. The van der Waals surface area contributed by atoms with Crippen molar-refractivity contribution in [3.63, 3.8) is 0 Å². The van der Waals surface area contributed by atoms with Crippen molar-refractivity contribution < 1.29 is 14.3 Å². The minimum Gasteiger partial charge on any atom is -0.346 e. The molecule has 2 atom stereocenters. The number of rotatable bonds is 2. The molecular weight excluding hydrogens is 170 g/mol. The van der Waals surface area contributed by atoms with E-state index >= 15 is 0 Å². The zero-order valence-electron chi connectivity index (χ0n) is 7.82. The molecule has 0 radical (unpaired) electrons. The lowest BCUT2D eigenvalue weighted by atomic mass is 10.1. The number of nitriles is 1. The Kier molecular flexibility index (Phi) is 3.02. The van der Waals surface area contributed by atoms with Gasteiger partial charge in [0.1, 0.15) is 12.4 Å². The van der Waals surface area contributed by atoms with Gasteiger partial charge in [-0.15, -0.1) is 0 Å². The monoisotopic (exact) mass is 183 g/mol. The van der Waals surface area contributed by atoms with Crippen LogP contribution in [0.15, 0.2) is 0 Å². The molecule has 1 aliphatic rings. The molecular formula is C9H13NO3. The third-order valence-corrected chi connectivity index (χ3v) is 1.85. The molecule has 1 saturated heterocycles. The van der Waals surface area contributed by atoms with E-state index in [0.717, 1.165) is 6.29 Å². The maximum absolute atomic E-state index is 10.5. The molecule has 2 unspecified atom stereocenters. The highest BCUT2D eigenvalue weighted by Gasteiger charge is 2.34. The average Bonchev–Trinajstić information content (AvgIpc) is 2.02. The van der Waals surface area contributed by atoms with Gasteiger partial charge in [0.25, 0.3) is 0 Å². The summed E-state index contributed by atoms with van der Waals surface area (Å²) in [7, 11) is 0. The fourth-order valence-electron chi connectivity index (χ4n) is 1.46. The summed E-state index contributed by atoms with van der Waals surface area (Å²) in [5.74, 6) is -0.759. The van der Waals surface area contributed by atoms with Crippen molar-refractivity contribution in [1.29, 1.82) is 5.26 Å². The Bertz CT molecular complexity index is 232. The van der Waals surface area contributed by atoms with Crippen LogP contribution < -0.4 is 0 Å². The fourth-order valence-corrected chi connectivity index (χ4v) is 1.46. The van der Waals surface area contributed by atoms with Gasteiger partial charge in [-0.05, 0) is 13.8 Å². The number of hydrogen-bond donors (Lipinski definition) is 0. The van der Waals surface area contributed by atoms with Gasteiger partial charge >= 0.3 is 0 Å². The molecule has 0 aromatic carbocycles. The summed E-state index contributed by atoms with van der Waals surface area (Å²) in [6.07, 6.45) is 0.901. The number of carbonyl (C=O) groups excluding carboxylic acids is 1. The maximum atomic E-state index is 10.5. The average molecular weight is 183 g/mol. The van der Waals surface area contributed by atoms with E-state index in [0.29, 0.717) is 12.8 Å². The molecule has 1 fully saturated rings. The van der Waals surface area contributed by atoms with Crippen LogP contribution in [0, 0.1) is 11.3 Å². The smallest absolute Gasteiger partial charge is 0.164 e. The van der Waals surface area contributed by atoms with Gasteiger partial charge in [0.05, 0.1) is 18.6 Å². The molecule has 0 saturated carbocycles. The maximum Gasteiger partial charge on any atom is 0.164 e.